The topological polar surface area (TPSA) is 71.6 Å². The Morgan fingerprint density at radius 2 is 1.74 bits per heavy atom. The summed E-state index contributed by atoms with van der Waals surface area (Å²) in [7, 11) is 0. The number of hydrogen-bond donors (Lipinski definition) is 0. The summed E-state index contributed by atoms with van der Waals surface area (Å²) < 4.78 is 18.9. The Hall–Kier alpha value is -4.04. The van der Waals surface area contributed by atoms with Gasteiger partial charge in [-0.25, -0.2) is 9.38 Å². The Kier molecular flexibility index (Phi) is 6.05. The SMILES string of the molecule is Cc1ccc(-c2noc(CSC3=N/C(=C\c4ccccc4)C(=O)N3c3ccc(F)cc3)n2)cc1. The molecule has 1 aromatic heterocycles. The van der Waals surface area contributed by atoms with Gasteiger partial charge in [-0.15, -0.1) is 0 Å². The molecule has 8 heteroatoms. The molecule has 2 heterocycles. The third-order valence-electron chi connectivity index (χ3n) is 5.12. The first-order valence-corrected chi connectivity index (χ1v) is 11.5. The zero-order chi connectivity index (χ0) is 23.5. The van der Waals surface area contributed by atoms with Crippen LogP contribution in [0.5, 0.6) is 0 Å². The van der Waals surface area contributed by atoms with Crippen LogP contribution < -0.4 is 4.90 Å². The number of nitrogens with zero attached hydrogens (tertiary/aromatic N) is 4. The fraction of sp³-hybridized carbons (Fsp3) is 0.0769. The van der Waals surface area contributed by atoms with Gasteiger partial charge in [-0.2, -0.15) is 4.98 Å². The first-order chi connectivity index (χ1) is 16.6. The molecule has 5 rings (SSSR count). The Morgan fingerprint density at radius 1 is 1.00 bits per heavy atom. The highest BCUT2D eigenvalue weighted by molar-refractivity contribution is 8.13. The van der Waals surface area contributed by atoms with E-state index in [1.807, 2.05) is 61.5 Å². The van der Waals surface area contributed by atoms with Crippen LogP contribution in [0.1, 0.15) is 17.0 Å². The molecule has 0 atom stereocenters. The maximum absolute atomic E-state index is 13.5. The maximum atomic E-state index is 13.5. The van der Waals surface area contributed by atoms with Gasteiger partial charge in [0.1, 0.15) is 11.5 Å². The first kappa shape index (κ1) is 21.8. The molecule has 168 valence electrons. The van der Waals surface area contributed by atoms with Crippen molar-refractivity contribution < 1.29 is 13.7 Å². The Bertz CT molecular complexity index is 1380. The molecule has 0 bridgehead atoms. The summed E-state index contributed by atoms with van der Waals surface area (Å²) in [5.74, 6) is 0.566. The van der Waals surface area contributed by atoms with Gasteiger partial charge in [0.2, 0.25) is 11.7 Å². The first-order valence-electron chi connectivity index (χ1n) is 10.5. The highest BCUT2D eigenvalue weighted by atomic mass is 32.2. The Morgan fingerprint density at radius 3 is 2.47 bits per heavy atom. The fourth-order valence-electron chi connectivity index (χ4n) is 3.38. The number of aromatic nitrogens is 2. The molecule has 0 fully saturated rings. The summed E-state index contributed by atoms with van der Waals surface area (Å²) in [5.41, 5.74) is 3.69. The van der Waals surface area contributed by atoms with Crippen molar-refractivity contribution in [2.24, 2.45) is 4.99 Å². The maximum Gasteiger partial charge on any atom is 0.283 e. The van der Waals surface area contributed by atoms with E-state index in [1.165, 1.54) is 28.8 Å². The minimum atomic E-state index is -0.379. The number of halogens is 1. The number of aryl methyl sites for hydroxylation is 1. The van der Waals surface area contributed by atoms with E-state index >= 15 is 0 Å². The number of thioether (sulfide) groups is 1. The lowest BCUT2D eigenvalue weighted by Gasteiger charge is -2.17. The minimum absolute atomic E-state index is 0.288. The number of rotatable bonds is 5. The highest BCUT2D eigenvalue weighted by Crippen LogP contribution is 2.31. The summed E-state index contributed by atoms with van der Waals surface area (Å²) in [4.78, 5) is 23.7. The molecule has 0 N–H and O–H groups in total. The summed E-state index contributed by atoms with van der Waals surface area (Å²) >= 11 is 1.30. The van der Waals surface area contributed by atoms with Crippen LogP contribution in [-0.4, -0.2) is 21.2 Å². The van der Waals surface area contributed by atoms with Crippen LogP contribution in [0.15, 0.2) is 94.1 Å². The van der Waals surface area contributed by atoms with Crippen LogP contribution in [0, 0.1) is 12.7 Å². The number of amides is 1. The number of carbonyl (C=O) groups is 1. The summed E-state index contributed by atoms with van der Waals surface area (Å²) in [6.45, 7) is 2.01. The van der Waals surface area contributed by atoms with Crippen LogP contribution in [0.25, 0.3) is 17.5 Å². The van der Waals surface area contributed by atoms with Gasteiger partial charge in [0.15, 0.2) is 5.17 Å². The van der Waals surface area contributed by atoms with Gasteiger partial charge >= 0.3 is 0 Å². The second-order valence-electron chi connectivity index (χ2n) is 7.62. The van der Waals surface area contributed by atoms with Crippen molar-refractivity contribution in [2.45, 2.75) is 12.7 Å². The largest absolute Gasteiger partial charge is 0.338 e. The molecular weight excluding hydrogens is 451 g/mol. The molecule has 0 radical (unpaired) electrons. The van der Waals surface area contributed by atoms with E-state index in [0.717, 1.165) is 16.7 Å². The van der Waals surface area contributed by atoms with Gasteiger partial charge < -0.3 is 4.52 Å². The zero-order valence-corrected chi connectivity index (χ0v) is 19.0. The molecule has 0 aliphatic carbocycles. The van der Waals surface area contributed by atoms with E-state index in [0.29, 0.717) is 34.0 Å². The molecule has 34 heavy (non-hydrogen) atoms. The van der Waals surface area contributed by atoms with Crippen molar-refractivity contribution in [1.82, 2.24) is 10.1 Å². The quantitative estimate of drug-likeness (QED) is 0.342. The lowest BCUT2D eigenvalue weighted by Crippen LogP contribution is -2.30. The molecule has 0 spiro atoms. The number of anilines is 1. The molecule has 6 nitrogen and oxygen atoms in total. The van der Waals surface area contributed by atoms with Gasteiger partial charge in [0, 0.05) is 5.56 Å². The average Bonchev–Trinajstić information content (AvgIpc) is 3.44. The van der Waals surface area contributed by atoms with Crippen molar-refractivity contribution >= 4 is 34.6 Å². The normalized spacial score (nSPS) is 14.6. The molecule has 0 unspecified atom stereocenters. The number of carbonyl (C=O) groups excluding carboxylic acids is 1. The third kappa shape index (κ3) is 4.67. The molecular formula is C26H19FN4O2S. The van der Waals surface area contributed by atoms with Crippen molar-refractivity contribution in [2.75, 3.05) is 4.90 Å². The lowest BCUT2D eigenvalue weighted by atomic mass is 10.1. The predicted molar refractivity (Wildman–Crippen MR) is 132 cm³/mol. The number of amidine groups is 1. The highest BCUT2D eigenvalue weighted by Gasteiger charge is 2.32. The van der Waals surface area contributed by atoms with Crippen molar-refractivity contribution in [3.8, 4) is 11.4 Å². The number of aliphatic imine (C=N–C) groups is 1. The second kappa shape index (κ2) is 9.44. The van der Waals surface area contributed by atoms with Crippen LogP contribution in [0.3, 0.4) is 0 Å². The lowest BCUT2D eigenvalue weighted by molar-refractivity contribution is -0.113. The van der Waals surface area contributed by atoms with Crippen molar-refractivity contribution in [3.63, 3.8) is 0 Å². The van der Waals surface area contributed by atoms with Crippen molar-refractivity contribution in [3.05, 3.63) is 107 Å². The zero-order valence-electron chi connectivity index (χ0n) is 18.2. The molecule has 0 saturated carbocycles. The van der Waals surface area contributed by atoms with Crippen LogP contribution in [0.2, 0.25) is 0 Å². The fourth-order valence-corrected chi connectivity index (χ4v) is 4.23. The number of benzene rings is 3. The summed E-state index contributed by atoms with van der Waals surface area (Å²) in [6.07, 6.45) is 1.73. The van der Waals surface area contributed by atoms with E-state index in [9.17, 15) is 9.18 Å². The third-order valence-corrected chi connectivity index (χ3v) is 6.04. The minimum Gasteiger partial charge on any atom is -0.338 e. The summed E-state index contributed by atoms with van der Waals surface area (Å²) in [6, 6.07) is 23.1. The number of hydrogen-bond acceptors (Lipinski definition) is 6. The standard InChI is InChI=1S/C26H19FN4O2S/c1-17-7-9-19(10-8-17)24-29-23(33-30-24)16-34-26-28-22(15-18-5-3-2-4-6-18)25(32)31(26)21-13-11-20(27)12-14-21/h2-15H,16H2,1H3/b22-15-. The van der Waals surface area contributed by atoms with Crippen molar-refractivity contribution in [1.29, 1.82) is 0 Å². The van der Waals surface area contributed by atoms with Gasteiger partial charge in [-0.1, -0.05) is 77.1 Å². The molecule has 1 aliphatic heterocycles. The van der Waals surface area contributed by atoms with Gasteiger partial charge in [0.05, 0.1) is 11.4 Å². The van der Waals surface area contributed by atoms with Crippen LogP contribution >= 0.6 is 11.8 Å². The molecule has 1 amide bonds. The van der Waals surface area contributed by atoms with E-state index in [-0.39, 0.29) is 11.7 Å². The molecule has 3 aromatic carbocycles. The Labute approximate surface area is 199 Å². The Balaban J connectivity index is 1.40. The van der Waals surface area contributed by atoms with Crippen LogP contribution in [-0.2, 0) is 10.5 Å². The predicted octanol–water partition coefficient (Wildman–Crippen LogP) is 5.86. The van der Waals surface area contributed by atoms with Gasteiger partial charge in [-0.3, -0.25) is 9.69 Å². The van der Waals surface area contributed by atoms with Gasteiger partial charge in [0.25, 0.3) is 5.91 Å². The summed E-state index contributed by atoms with van der Waals surface area (Å²) in [5, 5.41) is 4.51. The molecule has 0 saturated heterocycles. The monoisotopic (exact) mass is 470 g/mol. The van der Waals surface area contributed by atoms with E-state index < -0.39 is 0 Å². The molecule has 1 aliphatic rings. The van der Waals surface area contributed by atoms with E-state index in [4.69, 9.17) is 4.52 Å². The van der Waals surface area contributed by atoms with E-state index in [1.54, 1.807) is 18.2 Å². The van der Waals surface area contributed by atoms with Crippen LogP contribution in [0.4, 0.5) is 10.1 Å². The van der Waals surface area contributed by atoms with Gasteiger partial charge in [-0.05, 0) is 42.8 Å². The molecule has 4 aromatic rings. The average molecular weight is 471 g/mol. The van der Waals surface area contributed by atoms with E-state index in [2.05, 4.69) is 15.1 Å². The smallest absolute Gasteiger partial charge is 0.283 e. The second-order valence-corrected chi connectivity index (χ2v) is 8.56.